The highest BCUT2D eigenvalue weighted by Crippen LogP contribution is 2.13. The molecule has 4 nitrogen and oxygen atoms in total. The van der Waals surface area contributed by atoms with Crippen LogP contribution < -0.4 is 5.32 Å². The van der Waals surface area contributed by atoms with E-state index in [4.69, 9.17) is 0 Å². The number of hydrogen-bond donors (Lipinski definition) is 1. The molecule has 0 aromatic heterocycles. The Balaban J connectivity index is 2.34. The second kappa shape index (κ2) is 4.64. The molecule has 1 aliphatic rings. The largest absolute Gasteiger partial charge is 0.331 e. The molecule has 1 fully saturated rings. The van der Waals surface area contributed by atoms with Gasteiger partial charge in [0.15, 0.2) is 0 Å². The average molecular weight is 199 g/mol. The number of nitrogens with one attached hydrogen (secondary N) is 1. The van der Waals surface area contributed by atoms with Crippen LogP contribution in [0.15, 0.2) is 0 Å². The summed E-state index contributed by atoms with van der Waals surface area (Å²) in [6.45, 7) is 3.23. The Labute approximate surface area is 86.2 Å². The number of carbonyl (C=O) groups is 1. The van der Waals surface area contributed by atoms with Crippen molar-refractivity contribution in [2.75, 3.05) is 27.7 Å². The quantitative estimate of drug-likeness (QED) is 0.727. The number of nitrogens with zero attached hydrogens (tertiary/aromatic N) is 2. The molecule has 1 saturated heterocycles. The van der Waals surface area contributed by atoms with Crippen molar-refractivity contribution < 1.29 is 4.79 Å². The summed E-state index contributed by atoms with van der Waals surface area (Å²) in [5, 5.41) is 3.35. The molecular weight excluding hydrogens is 178 g/mol. The second-order valence-corrected chi connectivity index (χ2v) is 4.31. The van der Waals surface area contributed by atoms with Crippen LogP contribution in [0, 0.1) is 0 Å². The van der Waals surface area contributed by atoms with E-state index in [-0.39, 0.29) is 6.03 Å². The topological polar surface area (TPSA) is 35.6 Å². The van der Waals surface area contributed by atoms with Crippen LogP contribution in [0.25, 0.3) is 0 Å². The zero-order valence-electron chi connectivity index (χ0n) is 9.58. The molecule has 0 aromatic rings. The zero-order valence-corrected chi connectivity index (χ0v) is 9.58. The molecule has 1 heterocycles. The summed E-state index contributed by atoms with van der Waals surface area (Å²) in [6.07, 6.45) is 2.30. The first-order valence-electron chi connectivity index (χ1n) is 5.20. The normalized spacial score (nSPS) is 22.4. The van der Waals surface area contributed by atoms with Crippen LogP contribution >= 0.6 is 0 Å². The van der Waals surface area contributed by atoms with Crippen molar-refractivity contribution in [3.8, 4) is 0 Å². The summed E-state index contributed by atoms with van der Waals surface area (Å²) in [6, 6.07) is 1.00. The standard InChI is InChI=1S/C10H21N3O/c1-8(7-9-5-6-11-9)13(4)10(14)12(2)3/h8-9,11H,5-7H2,1-4H3. The van der Waals surface area contributed by atoms with Gasteiger partial charge in [-0.1, -0.05) is 0 Å². The summed E-state index contributed by atoms with van der Waals surface area (Å²) in [5.41, 5.74) is 0. The molecule has 1 N–H and O–H groups in total. The van der Waals surface area contributed by atoms with Gasteiger partial charge in [-0.25, -0.2) is 4.79 Å². The Kier molecular flexibility index (Phi) is 3.75. The SMILES string of the molecule is CC(CC1CCN1)N(C)C(=O)N(C)C. The first kappa shape index (κ1) is 11.3. The monoisotopic (exact) mass is 199 g/mol. The predicted molar refractivity (Wildman–Crippen MR) is 57.3 cm³/mol. The van der Waals surface area contributed by atoms with Gasteiger partial charge in [0.05, 0.1) is 0 Å². The van der Waals surface area contributed by atoms with E-state index in [0.717, 1.165) is 13.0 Å². The summed E-state index contributed by atoms with van der Waals surface area (Å²) >= 11 is 0. The van der Waals surface area contributed by atoms with Crippen molar-refractivity contribution in [2.45, 2.75) is 31.8 Å². The molecule has 2 unspecified atom stereocenters. The lowest BCUT2D eigenvalue weighted by Gasteiger charge is -2.34. The molecule has 0 aliphatic carbocycles. The summed E-state index contributed by atoms with van der Waals surface area (Å²) in [5.74, 6) is 0. The zero-order chi connectivity index (χ0) is 10.7. The van der Waals surface area contributed by atoms with E-state index in [1.54, 1.807) is 23.9 Å². The molecule has 4 heteroatoms. The van der Waals surface area contributed by atoms with Gasteiger partial charge in [-0.15, -0.1) is 0 Å². The molecule has 1 aliphatic heterocycles. The first-order valence-corrected chi connectivity index (χ1v) is 5.20. The lowest BCUT2D eigenvalue weighted by Crippen LogP contribution is -2.49. The van der Waals surface area contributed by atoms with Crippen LogP contribution in [-0.4, -0.2) is 55.6 Å². The third-order valence-corrected chi connectivity index (χ3v) is 2.90. The van der Waals surface area contributed by atoms with Gasteiger partial charge in [0.25, 0.3) is 0 Å². The summed E-state index contributed by atoms with van der Waals surface area (Å²) in [7, 11) is 5.44. The average Bonchev–Trinajstić information content (AvgIpc) is 2.08. The van der Waals surface area contributed by atoms with Crippen molar-refractivity contribution in [3.05, 3.63) is 0 Å². The van der Waals surface area contributed by atoms with Crippen LogP contribution in [0.2, 0.25) is 0 Å². The van der Waals surface area contributed by atoms with Crippen molar-refractivity contribution in [1.29, 1.82) is 0 Å². The third kappa shape index (κ3) is 2.61. The van der Waals surface area contributed by atoms with E-state index < -0.39 is 0 Å². The maximum Gasteiger partial charge on any atom is 0.319 e. The van der Waals surface area contributed by atoms with Gasteiger partial charge in [-0.2, -0.15) is 0 Å². The number of urea groups is 1. The minimum absolute atomic E-state index is 0.0804. The lowest BCUT2D eigenvalue weighted by atomic mass is 9.99. The molecule has 2 atom stereocenters. The maximum absolute atomic E-state index is 11.6. The van der Waals surface area contributed by atoms with Crippen molar-refractivity contribution in [3.63, 3.8) is 0 Å². The Morgan fingerprint density at radius 1 is 1.50 bits per heavy atom. The smallest absolute Gasteiger partial charge is 0.319 e. The molecular formula is C10H21N3O. The van der Waals surface area contributed by atoms with Crippen LogP contribution in [0.5, 0.6) is 0 Å². The van der Waals surface area contributed by atoms with Crippen molar-refractivity contribution >= 4 is 6.03 Å². The van der Waals surface area contributed by atoms with E-state index in [9.17, 15) is 4.79 Å². The number of hydrogen-bond acceptors (Lipinski definition) is 2. The fourth-order valence-electron chi connectivity index (χ4n) is 1.62. The molecule has 0 radical (unpaired) electrons. The van der Waals surface area contributed by atoms with Crippen molar-refractivity contribution in [1.82, 2.24) is 15.1 Å². The van der Waals surface area contributed by atoms with Gasteiger partial charge in [0.1, 0.15) is 0 Å². The Morgan fingerprint density at radius 2 is 2.07 bits per heavy atom. The van der Waals surface area contributed by atoms with Gasteiger partial charge in [-0.05, 0) is 26.3 Å². The van der Waals surface area contributed by atoms with Gasteiger partial charge in [0, 0.05) is 33.2 Å². The number of carbonyl (C=O) groups excluding carboxylic acids is 1. The summed E-state index contributed by atoms with van der Waals surface area (Å²) < 4.78 is 0. The fraction of sp³-hybridized carbons (Fsp3) is 0.900. The van der Waals surface area contributed by atoms with Gasteiger partial charge in [0.2, 0.25) is 0 Å². The van der Waals surface area contributed by atoms with Gasteiger partial charge in [-0.3, -0.25) is 0 Å². The molecule has 0 saturated carbocycles. The van der Waals surface area contributed by atoms with Crippen LogP contribution in [-0.2, 0) is 0 Å². The number of rotatable bonds is 3. The molecule has 0 spiro atoms. The van der Waals surface area contributed by atoms with Crippen LogP contribution in [0.3, 0.4) is 0 Å². The van der Waals surface area contributed by atoms with E-state index in [1.165, 1.54) is 6.42 Å². The fourth-order valence-corrected chi connectivity index (χ4v) is 1.62. The van der Waals surface area contributed by atoms with Gasteiger partial charge >= 0.3 is 6.03 Å². The van der Waals surface area contributed by atoms with E-state index in [1.807, 2.05) is 7.05 Å². The molecule has 0 bridgehead atoms. The Bertz CT molecular complexity index is 202. The van der Waals surface area contributed by atoms with Gasteiger partial charge < -0.3 is 15.1 Å². The lowest BCUT2D eigenvalue weighted by molar-refractivity contribution is 0.157. The molecule has 2 amide bonds. The minimum atomic E-state index is 0.0804. The third-order valence-electron chi connectivity index (χ3n) is 2.90. The Hall–Kier alpha value is -0.770. The van der Waals surface area contributed by atoms with Crippen LogP contribution in [0.4, 0.5) is 4.79 Å². The summed E-state index contributed by atoms with van der Waals surface area (Å²) in [4.78, 5) is 15.0. The predicted octanol–water partition coefficient (Wildman–Crippen LogP) is 0.740. The highest BCUT2D eigenvalue weighted by Gasteiger charge is 2.23. The van der Waals surface area contributed by atoms with E-state index in [0.29, 0.717) is 12.1 Å². The highest BCUT2D eigenvalue weighted by atomic mass is 16.2. The molecule has 82 valence electrons. The number of amides is 2. The molecule has 0 aromatic carbocycles. The van der Waals surface area contributed by atoms with E-state index >= 15 is 0 Å². The molecule has 14 heavy (non-hydrogen) atoms. The second-order valence-electron chi connectivity index (χ2n) is 4.31. The first-order chi connectivity index (χ1) is 6.52. The molecule has 1 rings (SSSR count). The van der Waals surface area contributed by atoms with Crippen molar-refractivity contribution in [2.24, 2.45) is 0 Å². The highest BCUT2D eigenvalue weighted by molar-refractivity contribution is 5.73. The minimum Gasteiger partial charge on any atom is -0.331 e. The Morgan fingerprint density at radius 3 is 2.43 bits per heavy atom. The van der Waals surface area contributed by atoms with E-state index in [2.05, 4.69) is 12.2 Å². The maximum atomic E-state index is 11.6. The van der Waals surface area contributed by atoms with Crippen LogP contribution in [0.1, 0.15) is 19.8 Å².